The van der Waals surface area contributed by atoms with Crippen LogP contribution in [-0.2, 0) is 11.3 Å². The van der Waals surface area contributed by atoms with Crippen LogP contribution in [0.3, 0.4) is 0 Å². The van der Waals surface area contributed by atoms with E-state index in [1.807, 2.05) is 6.07 Å². The minimum absolute atomic E-state index is 0.319. The van der Waals surface area contributed by atoms with E-state index in [2.05, 4.69) is 10.1 Å². The molecule has 0 fully saturated rings. The van der Waals surface area contributed by atoms with Crippen molar-refractivity contribution < 1.29 is 9.26 Å². The van der Waals surface area contributed by atoms with E-state index in [4.69, 9.17) is 14.5 Å². The predicted molar refractivity (Wildman–Crippen MR) is 55.2 cm³/mol. The molecule has 0 aliphatic heterocycles. The summed E-state index contributed by atoms with van der Waals surface area (Å²) in [6, 6.07) is 8.99. The lowest BCUT2D eigenvalue weighted by atomic mass is 10.1. The zero-order valence-electron chi connectivity index (χ0n) is 8.67. The summed E-state index contributed by atoms with van der Waals surface area (Å²) in [5.41, 5.74) is 1.38. The van der Waals surface area contributed by atoms with Gasteiger partial charge >= 0.3 is 0 Å². The first-order chi connectivity index (χ1) is 7.83. The molecule has 1 aromatic carbocycles. The highest BCUT2D eigenvalue weighted by Gasteiger charge is 2.07. The molecule has 0 aliphatic rings. The molecule has 2 aromatic rings. The summed E-state index contributed by atoms with van der Waals surface area (Å²) in [6.45, 7) is 0.319. The molecule has 2 rings (SSSR count). The van der Waals surface area contributed by atoms with Crippen molar-refractivity contribution in [2.75, 3.05) is 7.11 Å². The normalized spacial score (nSPS) is 10.0. The Labute approximate surface area is 92.3 Å². The molecule has 0 aliphatic carbocycles. The molecular formula is C11H9N3O2. The van der Waals surface area contributed by atoms with E-state index < -0.39 is 0 Å². The van der Waals surface area contributed by atoms with Crippen LogP contribution in [0.15, 0.2) is 28.8 Å². The largest absolute Gasteiger partial charge is 0.377 e. The van der Waals surface area contributed by atoms with Crippen LogP contribution >= 0.6 is 0 Å². The van der Waals surface area contributed by atoms with Gasteiger partial charge in [-0.05, 0) is 24.3 Å². The van der Waals surface area contributed by atoms with Gasteiger partial charge in [-0.3, -0.25) is 0 Å². The highest BCUT2D eigenvalue weighted by atomic mass is 16.5. The van der Waals surface area contributed by atoms with Gasteiger partial charge in [0.25, 0.3) is 5.89 Å². The average Bonchev–Trinajstić information content (AvgIpc) is 2.78. The van der Waals surface area contributed by atoms with Crippen molar-refractivity contribution in [1.29, 1.82) is 5.26 Å². The Kier molecular flexibility index (Phi) is 2.94. The zero-order chi connectivity index (χ0) is 11.4. The number of aromatic nitrogens is 2. The second-order valence-corrected chi connectivity index (χ2v) is 3.14. The Morgan fingerprint density at radius 2 is 2.12 bits per heavy atom. The molecule has 16 heavy (non-hydrogen) atoms. The highest BCUT2D eigenvalue weighted by Crippen LogP contribution is 2.17. The first-order valence-electron chi connectivity index (χ1n) is 4.65. The minimum atomic E-state index is 0.319. The van der Waals surface area contributed by atoms with Crippen molar-refractivity contribution in [3.05, 3.63) is 35.7 Å². The summed E-state index contributed by atoms with van der Waals surface area (Å²) in [4.78, 5) is 4.14. The lowest BCUT2D eigenvalue weighted by Crippen LogP contribution is -1.89. The third-order valence-corrected chi connectivity index (χ3v) is 2.00. The molecule has 0 N–H and O–H groups in total. The van der Waals surface area contributed by atoms with Crippen molar-refractivity contribution >= 4 is 0 Å². The number of benzene rings is 1. The van der Waals surface area contributed by atoms with Crippen LogP contribution in [0, 0.1) is 11.3 Å². The van der Waals surface area contributed by atoms with E-state index in [0.29, 0.717) is 23.9 Å². The van der Waals surface area contributed by atoms with Crippen LogP contribution in [0.25, 0.3) is 11.5 Å². The summed E-state index contributed by atoms with van der Waals surface area (Å²) < 4.78 is 9.94. The van der Waals surface area contributed by atoms with E-state index in [1.54, 1.807) is 31.4 Å². The van der Waals surface area contributed by atoms with E-state index in [1.165, 1.54) is 0 Å². The van der Waals surface area contributed by atoms with Crippen LogP contribution in [-0.4, -0.2) is 17.3 Å². The summed E-state index contributed by atoms with van der Waals surface area (Å²) in [6.07, 6.45) is 0. The molecule has 1 aromatic heterocycles. The third kappa shape index (κ3) is 2.07. The number of hydrogen-bond donors (Lipinski definition) is 0. The molecule has 5 heteroatoms. The monoisotopic (exact) mass is 215 g/mol. The van der Waals surface area contributed by atoms with Gasteiger partial charge in [-0.25, -0.2) is 0 Å². The molecule has 0 amide bonds. The number of hydrogen-bond acceptors (Lipinski definition) is 5. The number of rotatable bonds is 3. The summed E-state index contributed by atoms with van der Waals surface area (Å²) in [7, 11) is 1.57. The van der Waals surface area contributed by atoms with Crippen LogP contribution in [0.2, 0.25) is 0 Å². The first-order valence-corrected chi connectivity index (χ1v) is 4.65. The molecule has 0 bridgehead atoms. The topological polar surface area (TPSA) is 71.9 Å². The van der Waals surface area contributed by atoms with Gasteiger partial charge < -0.3 is 9.26 Å². The van der Waals surface area contributed by atoms with Crippen LogP contribution < -0.4 is 0 Å². The molecule has 0 saturated heterocycles. The summed E-state index contributed by atoms with van der Waals surface area (Å²) >= 11 is 0. The van der Waals surface area contributed by atoms with Crippen molar-refractivity contribution in [2.45, 2.75) is 6.61 Å². The fraction of sp³-hybridized carbons (Fsp3) is 0.182. The number of nitriles is 1. The van der Waals surface area contributed by atoms with Gasteiger partial charge in [0.2, 0.25) is 0 Å². The third-order valence-electron chi connectivity index (χ3n) is 2.00. The lowest BCUT2D eigenvalue weighted by Gasteiger charge is -1.93. The molecule has 80 valence electrons. The van der Waals surface area contributed by atoms with Crippen LogP contribution in [0.1, 0.15) is 11.4 Å². The average molecular weight is 215 g/mol. The number of nitrogens with zero attached hydrogens (tertiary/aromatic N) is 3. The quantitative estimate of drug-likeness (QED) is 0.779. The second kappa shape index (κ2) is 4.55. The van der Waals surface area contributed by atoms with Gasteiger partial charge in [-0.2, -0.15) is 10.2 Å². The Morgan fingerprint density at radius 3 is 2.75 bits per heavy atom. The Bertz CT molecular complexity index is 511. The maximum atomic E-state index is 8.66. The summed E-state index contributed by atoms with van der Waals surface area (Å²) in [5.74, 6) is 0.929. The lowest BCUT2D eigenvalue weighted by molar-refractivity contribution is 0.174. The molecule has 0 atom stereocenters. The summed E-state index contributed by atoms with van der Waals surface area (Å²) in [5, 5.41) is 12.4. The van der Waals surface area contributed by atoms with Crippen molar-refractivity contribution in [1.82, 2.24) is 10.1 Å². The van der Waals surface area contributed by atoms with Crippen molar-refractivity contribution in [2.24, 2.45) is 0 Å². The molecule has 0 spiro atoms. The van der Waals surface area contributed by atoms with Gasteiger partial charge in [0.05, 0.1) is 11.6 Å². The maximum Gasteiger partial charge on any atom is 0.258 e. The second-order valence-electron chi connectivity index (χ2n) is 3.14. The van der Waals surface area contributed by atoms with Crippen molar-refractivity contribution in [3.8, 4) is 17.5 Å². The Morgan fingerprint density at radius 1 is 1.38 bits per heavy atom. The molecular weight excluding hydrogens is 206 g/mol. The predicted octanol–water partition coefficient (Wildman–Crippen LogP) is 1.75. The highest BCUT2D eigenvalue weighted by molar-refractivity contribution is 5.54. The molecule has 0 radical (unpaired) electrons. The van der Waals surface area contributed by atoms with Gasteiger partial charge in [0.15, 0.2) is 5.82 Å². The fourth-order valence-electron chi connectivity index (χ4n) is 1.25. The smallest absolute Gasteiger partial charge is 0.258 e. The Hall–Kier alpha value is -2.19. The van der Waals surface area contributed by atoms with E-state index >= 15 is 0 Å². The molecule has 0 saturated carbocycles. The molecule has 1 heterocycles. The van der Waals surface area contributed by atoms with Crippen LogP contribution in [0.4, 0.5) is 0 Å². The molecule has 5 nitrogen and oxygen atoms in total. The van der Waals surface area contributed by atoms with Gasteiger partial charge in [0.1, 0.15) is 6.61 Å². The van der Waals surface area contributed by atoms with E-state index in [0.717, 1.165) is 5.56 Å². The van der Waals surface area contributed by atoms with E-state index in [-0.39, 0.29) is 0 Å². The van der Waals surface area contributed by atoms with E-state index in [9.17, 15) is 0 Å². The van der Waals surface area contributed by atoms with Crippen molar-refractivity contribution in [3.63, 3.8) is 0 Å². The fourth-order valence-corrected chi connectivity index (χ4v) is 1.25. The SMILES string of the molecule is COCc1noc(-c2ccc(C#N)cc2)n1. The first kappa shape index (κ1) is 10.3. The number of ether oxygens (including phenoxy) is 1. The van der Waals surface area contributed by atoms with Gasteiger partial charge in [-0.1, -0.05) is 5.16 Å². The van der Waals surface area contributed by atoms with Gasteiger partial charge in [0, 0.05) is 12.7 Å². The number of methoxy groups -OCH3 is 1. The maximum absolute atomic E-state index is 8.66. The Balaban J connectivity index is 2.25. The zero-order valence-corrected chi connectivity index (χ0v) is 8.67. The van der Waals surface area contributed by atoms with Gasteiger partial charge in [-0.15, -0.1) is 0 Å². The standard InChI is InChI=1S/C11H9N3O2/c1-15-7-10-13-11(16-14-10)9-4-2-8(6-12)3-5-9/h2-5H,7H2,1H3. The van der Waals surface area contributed by atoms with Crippen LogP contribution in [0.5, 0.6) is 0 Å². The minimum Gasteiger partial charge on any atom is -0.377 e. The molecule has 0 unspecified atom stereocenters.